The number of aromatic nitrogens is 1. The minimum atomic E-state index is 0.991. The van der Waals surface area contributed by atoms with E-state index in [1.165, 1.54) is 25.1 Å². The first-order valence-corrected chi connectivity index (χ1v) is 5.04. The molecular formula is C11H18N2. The third kappa shape index (κ3) is 2.34. The van der Waals surface area contributed by atoms with E-state index in [2.05, 4.69) is 41.9 Å². The van der Waals surface area contributed by atoms with Crippen molar-refractivity contribution in [3.05, 3.63) is 24.0 Å². The molecule has 0 radical (unpaired) electrons. The molecule has 2 nitrogen and oxygen atoms in total. The molecular weight excluding hydrogens is 160 g/mol. The SMILES string of the molecule is CN(Cc1cccn1C)CC1CC1. The zero-order chi connectivity index (χ0) is 9.26. The third-order valence-electron chi connectivity index (χ3n) is 2.75. The molecule has 0 atom stereocenters. The lowest BCUT2D eigenvalue weighted by molar-refractivity contribution is 0.306. The van der Waals surface area contributed by atoms with Crippen molar-refractivity contribution in [1.29, 1.82) is 0 Å². The number of rotatable bonds is 4. The largest absolute Gasteiger partial charge is 0.353 e. The Labute approximate surface area is 80.2 Å². The van der Waals surface area contributed by atoms with E-state index in [0.717, 1.165) is 12.5 Å². The summed E-state index contributed by atoms with van der Waals surface area (Å²) < 4.78 is 2.20. The van der Waals surface area contributed by atoms with Crippen LogP contribution < -0.4 is 0 Å². The van der Waals surface area contributed by atoms with Gasteiger partial charge in [0.05, 0.1) is 0 Å². The molecule has 0 amide bonds. The van der Waals surface area contributed by atoms with Gasteiger partial charge in [-0.25, -0.2) is 0 Å². The van der Waals surface area contributed by atoms with Gasteiger partial charge in [-0.1, -0.05) is 0 Å². The summed E-state index contributed by atoms with van der Waals surface area (Å²) in [5.41, 5.74) is 1.41. The van der Waals surface area contributed by atoms with Crippen molar-refractivity contribution >= 4 is 0 Å². The molecule has 0 spiro atoms. The van der Waals surface area contributed by atoms with Gasteiger partial charge in [0.1, 0.15) is 0 Å². The first-order chi connectivity index (χ1) is 6.25. The highest BCUT2D eigenvalue weighted by molar-refractivity contribution is 5.06. The van der Waals surface area contributed by atoms with Gasteiger partial charge in [0.25, 0.3) is 0 Å². The smallest absolute Gasteiger partial charge is 0.0384 e. The van der Waals surface area contributed by atoms with Crippen molar-refractivity contribution in [2.75, 3.05) is 13.6 Å². The first-order valence-electron chi connectivity index (χ1n) is 5.04. The molecule has 0 bridgehead atoms. The highest BCUT2D eigenvalue weighted by atomic mass is 15.1. The van der Waals surface area contributed by atoms with Gasteiger partial charge >= 0.3 is 0 Å². The van der Waals surface area contributed by atoms with Crippen molar-refractivity contribution in [2.45, 2.75) is 19.4 Å². The minimum Gasteiger partial charge on any atom is -0.353 e. The third-order valence-corrected chi connectivity index (χ3v) is 2.75. The fourth-order valence-corrected chi connectivity index (χ4v) is 1.74. The van der Waals surface area contributed by atoms with E-state index in [0.29, 0.717) is 0 Å². The maximum absolute atomic E-state index is 2.42. The summed E-state index contributed by atoms with van der Waals surface area (Å²) in [6.45, 7) is 2.35. The Bertz CT molecular complexity index is 273. The molecule has 1 aliphatic carbocycles. The highest BCUT2D eigenvalue weighted by Gasteiger charge is 2.22. The summed E-state index contributed by atoms with van der Waals surface area (Å²) in [6.07, 6.45) is 5.00. The molecule has 13 heavy (non-hydrogen) atoms. The van der Waals surface area contributed by atoms with Gasteiger partial charge in [0.15, 0.2) is 0 Å². The predicted molar refractivity (Wildman–Crippen MR) is 54.5 cm³/mol. The Morgan fingerprint density at radius 2 is 2.31 bits per heavy atom. The molecule has 1 heterocycles. The Balaban J connectivity index is 1.85. The fourth-order valence-electron chi connectivity index (χ4n) is 1.74. The molecule has 1 saturated carbocycles. The Morgan fingerprint density at radius 3 is 2.85 bits per heavy atom. The lowest BCUT2D eigenvalue weighted by Crippen LogP contribution is -2.21. The molecule has 0 aromatic carbocycles. The average molecular weight is 178 g/mol. The Morgan fingerprint density at radius 1 is 1.54 bits per heavy atom. The van der Waals surface area contributed by atoms with Crippen LogP contribution in [-0.2, 0) is 13.6 Å². The van der Waals surface area contributed by atoms with Crippen molar-refractivity contribution in [3.8, 4) is 0 Å². The van der Waals surface area contributed by atoms with Crippen molar-refractivity contribution in [3.63, 3.8) is 0 Å². The number of hydrogen-bond acceptors (Lipinski definition) is 1. The minimum absolute atomic E-state index is 0.991. The Hall–Kier alpha value is -0.760. The van der Waals surface area contributed by atoms with Crippen LogP contribution in [0.5, 0.6) is 0 Å². The van der Waals surface area contributed by atoms with Crippen molar-refractivity contribution in [1.82, 2.24) is 9.47 Å². The molecule has 1 aromatic rings. The lowest BCUT2D eigenvalue weighted by Gasteiger charge is -2.16. The highest BCUT2D eigenvalue weighted by Crippen LogP contribution is 2.29. The normalized spacial score (nSPS) is 16.8. The monoisotopic (exact) mass is 178 g/mol. The molecule has 1 aromatic heterocycles. The topological polar surface area (TPSA) is 8.17 Å². The molecule has 72 valence electrons. The Kier molecular flexibility index (Phi) is 2.40. The molecule has 1 aliphatic rings. The maximum Gasteiger partial charge on any atom is 0.0384 e. The summed E-state index contributed by atoms with van der Waals surface area (Å²) in [5.74, 6) is 0.991. The van der Waals surface area contributed by atoms with Crippen molar-refractivity contribution < 1.29 is 0 Å². The van der Waals surface area contributed by atoms with Crippen LogP contribution in [0.15, 0.2) is 18.3 Å². The van der Waals surface area contributed by atoms with Gasteiger partial charge in [0, 0.05) is 32.0 Å². The van der Waals surface area contributed by atoms with E-state index >= 15 is 0 Å². The maximum atomic E-state index is 2.42. The van der Waals surface area contributed by atoms with Crippen LogP contribution in [0, 0.1) is 5.92 Å². The quantitative estimate of drug-likeness (QED) is 0.683. The van der Waals surface area contributed by atoms with E-state index < -0.39 is 0 Å². The molecule has 0 N–H and O–H groups in total. The molecule has 2 rings (SSSR count). The van der Waals surface area contributed by atoms with E-state index in [1.54, 1.807) is 0 Å². The summed E-state index contributed by atoms with van der Waals surface area (Å²) in [6, 6.07) is 4.31. The van der Waals surface area contributed by atoms with E-state index in [4.69, 9.17) is 0 Å². The van der Waals surface area contributed by atoms with Crippen LogP contribution in [0.3, 0.4) is 0 Å². The fraction of sp³-hybridized carbons (Fsp3) is 0.636. The van der Waals surface area contributed by atoms with Crippen LogP contribution in [-0.4, -0.2) is 23.1 Å². The zero-order valence-electron chi connectivity index (χ0n) is 8.53. The molecule has 0 aliphatic heterocycles. The van der Waals surface area contributed by atoms with E-state index in [-0.39, 0.29) is 0 Å². The molecule has 2 heteroatoms. The number of hydrogen-bond donors (Lipinski definition) is 0. The summed E-state index contributed by atoms with van der Waals surface area (Å²) in [5, 5.41) is 0. The zero-order valence-corrected chi connectivity index (χ0v) is 8.53. The predicted octanol–water partition coefficient (Wildman–Crippen LogP) is 1.87. The summed E-state index contributed by atoms with van der Waals surface area (Å²) >= 11 is 0. The van der Waals surface area contributed by atoms with Gasteiger partial charge in [-0.2, -0.15) is 0 Å². The molecule has 1 fully saturated rings. The second-order valence-corrected chi connectivity index (χ2v) is 4.25. The van der Waals surface area contributed by atoms with Crippen molar-refractivity contribution in [2.24, 2.45) is 13.0 Å². The van der Waals surface area contributed by atoms with Gasteiger partial charge in [-0.3, -0.25) is 0 Å². The average Bonchev–Trinajstić information content (AvgIpc) is 2.79. The van der Waals surface area contributed by atoms with Gasteiger partial charge in [-0.05, 0) is 37.9 Å². The second kappa shape index (κ2) is 3.54. The van der Waals surface area contributed by atoms with Crippen LogP contribution in [0.2, 0.25) is 0 Å². The van der Waals surface area contributed by atoms with Gasteiger partial charge in [-0.15, -0.1) is 0 Å². The van der Waals surface area contributed by atoms with Crippen LogP contribution in [0.25, 0.3) is 0 Å². The van der Waals surface area contributed by atoms with Crippen LogP contribution in [0.4, 0.5) is 0 Å². The van der Waals surface area contributed by atoms with E-state index in [1.807, 2.05) is 0 Å². The number of aryl methyl sites for hydroxylation is 1. The first kappa shape index (κ1) is 8.82. The van der Waals surface area contributed by atoms with E-state index in [9.17, 15) is 0 Å². The lowest BCUT2D eigenvalue weighted by atomic mass is 10.3. The summed E-state index contributed by atoms with van der Waals surface area (Å²) in [7, 11) is 4.33. The number of nitrogens with zero attached hydrogens (tertiary/aromatic N) is 2. The van der Waals surface area contributed by atoms with Gasteiger partial charge < -0.3 is 9.47 Å². The molecule has 0 unspecified atom stereocenters. The molecule has 0 saturated heterocycles. The van der Waals surface area contributed by atoms with Gasteiger partial charge in [0.2, 0.25) is 0 Å². The standard InChI is InChI=1S/C11H18N2/c1-12(8-10-5-6-10)9-11-4-3-7-13(11)2/h3-4,7,10H,5-6,8-9H2,1-2H3. The second-order valence-electron chi connectivity index (χ2n) is 4.25. The summed E-state index contributed by atoms with van der Waals surface area (Å²) in [4.78, 5) is 2.42. The van der Waals surface area contributed by atoms with Crippen LogP contribution >= 0.6 is 0 Å². The van der Waals surface area contributed by atoms with Crippen LogP contribution in [0.1, 0.15) is 18.5 Å².